The Hall–Kier alpha value is -3.04. The number of rotatable bonds is 10. The van der Waals surface area contributed by atoms with Gasteiger partial charge in [0.25, 0.3) is 5.91 Å². The minimum atomic E-state index is -1.05. The molecule has 1 aliphatic heterocycles. The van der Waals surface area contributed by atoms with E-state index in [0.717, 1.165) is 23.3 Å². The Morgan fingerprint density at radius 3 is 2.44 bits per heavy atom. The van der Waals surface area contributed by atoms with Crippen molar-refractivity contribution in [3.8, 4) is 5.75 Å². The number of carbonyl (C=O) groups is 3. The maximum atomic E-state index is 13.9. The predicted octanol–water partition coefficient (Wildman–Crippen LogP) is 4.33. The number of unbranched alkanes of at least 4 members (excludes halogenated alkanes) is 1. The molecule has 0 radical (unpaired) electrons. The van der Waals surface area contributed by atoms with E-state index in [1.165, 1.54) is 18.7 Å². The molecule has 3 rings (SSSR count). The van der Waals surface area contributed by atoms with E-state index in [1.54, 1.807) is 24.1 Å². The molecule has 2 aromatic carbocycles. The van der Waals surface area contributed by atoms with Crippen LogP contribution in [0.2, 0.25) is 0 Å². The number of ether oxygens (including phenoxy) is 3. The Balaban J connectivity index is 2.07. The van der Waals surface area contributed by atoms with Gasteiger partial charge in [-0.3, -0.25) is 9.59 Å². The number of anilines is 1. The van der Waals surface area contributed by atoms with Gasteiger partial charge in [0.05, 0.1) is 30.2 Å². The highest BCUT2D eigenvalue weighted by molar-refractivity contribution is 7.99. The molecular formula is C27H34N2O6S. The third kappa shape index (κ3) is 6.79. The van der Waals surface area contributed by atoms with Crippen LogP contribution in [0.1, 0.15) is 47.9 Å². The molecule has 0 fully saturated rings. The van der Waals surface area contributed by atoms with Crippen molar-refractivity contribution in [2.24, 2.45) is 0 Å². The highest BCUT2D eigenvalue weighted by atomic mass is 32.2. The van der Waals surface area contributed by atoms with Crippen LogP contribution in [-0.2, 0) is 19.1 Å². The van der Waals surface area contributed by atoms with Gasteiger partial charge in [-0.2, -0.15) is 0 Å². The van der Waals surface area contributed by atoms with Gasteiger partial charge in [0.2, 0.25) is 0 Å². The van der Waals surface area contributed by atoms with Gasteiger partial charge < -0.3 is 24.0 Å². The average molecular weight is 515 g/mol. The standard InChI is InChI=1S/C27H34N2O6S/c1-6-7-16-34-27(32)20-10-13-23-22(17-20)29(15-14-28(3)4)26(31)24(35-18(2)30)25(36-23)19-8-11-21(33-5)12-9-19/h8-13,17,24-25H,6-7,14-16H2,1-5H3/t24-,25+/m1/s1. The first kappa shape index (κ1) is 27.5. The minimum absolute atomic E-state index is 0.337. The highest BCUT2D eigenvalue weighted by Crippen LogP contribution is 2.47. The Bertz CT molecular complexity index is 1070. The molecule has 0 saturated heterocycles. The molecule has 0 saturated carbocycles. The molecule has 194 valence electrons. The van der Waals surface area contributed by atoms with Crippen LogP contribution in [0.25, 0.3) is 0 Å². The summed E-state index contributed by atoms with van der Waals surface area (Å²) >= 11 is 1.43. The van der Waals surface area contributed by atoms with Gasteiger partial charge in [-0.05, 0) is 56.4 Å². The van der Waals surface area contributed by atoms with E-state index in [2.05, 4.69) is 0 Å². The third-order valence-electron chi connectivity index (χ3n) is 5.76. The predicted molar refractivity (Wildman–Crippen MR) is 140 cm³/mol. The summed E-state index contributed by atoms with van der Waals surface area (Å²) in [7, 11) is 5.43. The summed E-state index contributed by atoms with van der Waals surface area (Å²) in [5, 5.41) is -0.488. The number of benzene rings is 2. The maximum Gasteiger partial charge on any atom is 0.338 e. The van der Waals surface area contributed by atoms with Gasteiger partial charge in [0, 0.05) is 24.9 Å². The fourth-order valence-corrected chi connectivity index (χ4v) is 5.10. The second-order valence-corrected chi connectivity index (χ2v) is 9.99. The normalized spacial score (nSPS) is 17.4. The summed E-state index contributed by atoms with van der Waals surface area (Å²) < 4.78 is 16.3. The van der Waals surface area contributed by atoms with Crippen LogP contribution in [0.5, 0.6) is 5.75 Å². The average Bonchev–Trinajstić information content (AvgIpc) is 2.96. The number of fused-ring (bicyclic) bond motifs is 1. The second-order valence-electron chi connectivity index (χ2n) is 8.81. The Kier molecular flexibility index (Phi) is 9.78. The fourth-order valence-electron chi connectivity index (χ4n) is 3.81. The fraction of sp³-hybridized carbons (Fsp3) is 0.444. The Morgan fingerprint density at radius 1 is 1.11 bits per heavy atom. The number of methoxy groups -OCH3 is 1. The van der Waals surface area contributed by atoms with Crippen molar-refractivity contribution < 1.29 is 28.6 Å². The smallest absolute Gasteiger partial charge is 0.338 e. The van der Waals surface area contributed by atoms with Gasteiger partial charge in [-0.1, -0.05) is 25.5 Å². The van der Waals surface area contributed by atoms with Gasteiger partial charge in [0.15, 0.2) is 6.10 Å². The summed E-state index contributed by atoms with van der Waals surface area (Å²) in [6.07, 6.45) is 0.661. The molecule has 2 aromatic rings. The zero-order valence-corrected chi connectivity index (χ0v) is 22.3. The van der Waals surface area contributed by atoms with Crippen molar-refractivity contribution in [1.29, 1.82) is 0 Å². The number of esters is 2. The van der Waals surface area contributed by atoms with Crippen LogP contribution in [0, 0.1) is 0 Å². The highest BCUT2D eigenvalue weighted by Gasteiger charge is 2.41. The number of thioether (sulfide) groups is 1. The van der Waals surface area contributed by atoms with Crippen LogP contribution in [0.3, 0.4) is 0 Å². The van der Waals surface area contributed by atoms with E-state index < -0.39 is 23.3 Å². The van der Waals surface area contributed by atoms with Crippen LogP contribution < -0.4 is 9.64 Å². The number of carbonyl (C=O) groups excluding carboxylic acids is 3. The van der Waals surface area contributed by atoms with Gasteiger partial charge >= 0.3 is 11.9 Å². The molecule has 1 aliphatic rings. The number of hydrogen-bond acceptors (Lipinski definition) is 8. The summed E-state index contributed by atoms with van der Waals surface area (Å²) in [5.41, 5.74) is 1.80. The topological polar surface area (TPSA) is 85.4 Å². The van der Waals surface area contributed by atoms with Crippen molar-refractivity contribution in [2.75, 3.05) is 45.8 Å². The minimum Gasteiger partial charge on any atom is -0.497 e. The third-order valence-corrected chi connectivity index (χ3v) is 7.14. The van der Waals surface area contributed by atoms with E-state index in [1.807, 2.05) is 56.3 Å². The van der Waals surface area contributed by atoms with Crippen LogP contribution in [-0.4, -0.2) is 69.8 Å². The Morgan fingerprint density at radius 2 is 1.83 bits per heavy atom. The monoisotopic (exact) mass is 514 g/mol. The summed E-state index contributed by atoms with van der Waals surface area (Å²) in [6, 6.07) is 12.6. The summed E-state index contributed by atoms with van der Waals surface area (Å²) in [4.78, 5) is 43.1. The lowest BCUT2D eigenvalue weighted by molar-refractivity contribution is -0.152. The first-order valence-electron chi connectivity index (χ1n) is 12.0. The lowest BCUT2D eigenvalue weighted by Crippen LogP contribution is -2.45. The molecule has 9 heteroatoms. The second kappa shape index (κ2) is 12.8. The van der Waals surface area contributed by atoms with Crippen LogP contribution in [0.4, 0.5) is 5.69 Å². The molecule has 1 amide bonds. The molecule has 1 heterocycles. The lowest BCUT2D eigenvalue weighted by atomic mass is 10.1. The van der Waals surface area contributed by atoms with E-state index in [4.69, 9.17) is 14.2 Å². The molecule has 0 spiro atoms. The zero-order chi connectivity index (χ0) is 26.2. The summed E-state index contributed by atoms with van der Waals surface area (Å²) in [5.74, 6) is -0.613. The van der Waals surface area contributed by atoms with E-state index in [0.29, 0.717) is 36.7 Å². The van der Waals surface area contributed by atoms with Crippen molar-refractivity contribution >= 4 is 35.3 Å². The lowest BCUT2D eigenvalue weighted by Gasteiger charge is -2.28. The quantitative estimate of drug-likeness (QED) is 0.342. The molecule has 2 atom stereocenters. The zero-order valence-electron chi connectivity index (χ0n) is 21.5. The molecular weight excluding hydrogens is 480 g/mol. The molecule has 0 unspecified atom stereocenters. The maximum absolute atomic E-state index is 13.9. The molecule has 8 nitrogen and oxygen atoms in total. The van der Waals surface area contributed by atoms with Crippen LogP contribution in [0.15, 0.2) is 47.4 Å². The van der Waals surface area contributed by atoms with Crippen LogP contribution >= 0.6 is 11.8 Å². The molecule has 36 heavy (non-hydrogen) atoms. The molecule has 0 aliphatic carbocycles. The largest absolute Gasteiger partial charge is 0.497 e. The van der Waals surface area contributed by atoms with Crippen molar-refractivity contribution in [3.05, 3.63) is 53.6 Å². The SMILES string of the molecule is CCCCOC(=O)c1ccc2c(c1)N(CCN(C)C)C(=O)[C@H](OC(C)=O)[C@H](c1ccc(OC)cc1)S2. The number of hydrogen-bond donors (Lipinski definition) is 0. The van der Waals surface area contributed by atoms with Crippen molar-refractivity contribution in [1.82, 2.24) is 4.90 Å². The first-order chi connectivity index (χ1) is 17.2. The summed E-state index contributed by atoms with van der Waals surface area (Å²) in [6.45, 7) is 4.62. The van der Waals surface area contributed by atoms with Gasteiger partial charge in [-0.15, -0.1) is 11.8 Å². The number of amides is 1. The van der Waals surface area contributed by atoms with Gasteiger partial charge in [0.1, 0.15) is 5.75 Å². The first-order valence-corrected chi connectivity index (χ1v) is 12.9. The Labute approximate surface area is 216 Å². The van der Waals surface area contributed by atoms with Gasteiger partial charge in [-0.25, -0.2) is 4.79 Å². The molecule has 0 bridgehead atoms. The van der Waals surface area contributed by atoms with E-state index in [-0.39, 0.29) is 5.91 Å². The molecule has 0 N–H and O–H groups in total. The number of nitrogens with zero attached hydrogens (tertiary/aromatic N) is 2. The van der Waals surface area contributed by atoms with Crippen molar-refractivity contribution in [3.63, 3.8) is 0 Å². The van der Waals surface area contributed by atoms with Crippen molar-refractivity contribution in [2.45, 2.75) is 42.9 Å². The van der Waals surface area contributed by atoms with E-state index >= 15 is 0 Å². The molecule has 0 aromatic heterocycles. The van der Waals surface area contributed by atoms with E-state index in [9.17, 15) is 14.4 Å². The number of likely N-dealkylation sites (N-methyl/N-ethyl adjacent to an activating group) is 1.